The summed E-state index contributed by atoms with van der Waals surface area (Å²) in [5.74, 6) is -1.71. The summed E-state index contributed by atoms with van der Waals surface area (Å²) in [7, 11) is 0. The number of benzene rings is 1. The van der Waals surface area contributed by atoms with E-state index in [2.05, 4.69) is 5.32 Å². The molecule has 2 N–H and O–H groups in total. The van der Waals surface area contributed by atoms with Crippen LogP contribution in [0.15, 0.2) is 18.2 Å². The fourth-order valence-electron chi connectivity index (χ4n) is 2.04. The molecule has 1 heterocycles. The first-order valence-electron chi connectivity index (χ1n) is 5.74. The van der Waals surface area contributed by atoms with Gasteiger partial charge in [-0.25, -0.2) is 14.0 Å². The van der Waals surface area contributed by atoms with Gasteiger partial charge in [-0.2, -0.15) is 0 Å². The number of amides is 2. The van der Waals surface area contributed by atoms with Crippen LogP contribution in [-0.2, 0) is 4.79 Å². The highest BCUT2D eigenvalue weighted by Gasteiger charge is 2.34. The minimum absolute atomic E-state index is 0.0227. The number of likely N-dealkylation sites (tertiary alicyclic amines) is 1. The van der Waals surface area contributed by atoms with Gasteiger partial charge in [-0.1, -0.05) is 11.6 Å². The Morgan fingerprint density at radius 1 is 1.47 bits per heavy atom. The number of urea groups is 1. The van der Waals surface area contributed by atoms with Crippen LogP contribution in [0.3, 0.4) is 0 Å². The average molecular weight is 287 g/mol. The Morgan fingerprint density at radius 3 is 2.84 bits per heavy atom. The molecule has 19 heavy (non-hydrogen) atoms. The number of hydrogen-bond donors (Lipinski definition) is 2. The van der Waals surface area contributed by atoms with Crippen LogP contribution in [0.2, 0.25) is 5.02 Å². The van der Waals surface area contributed by atoms with Crippen LogP contribution in [0.4, 0.5) is 14.9 Å². The van der Waals surface area contributed by atoms with Crippen LogP contribution < -0.4 is 5.32 Å². The van der Waals surface area contributed by atoms with Crippen molar-refractivity contribution in [2.45, 2.75) is 18.9 Å². The number of aliphatic carboxylic acids is 1. The minimum Gasteiger partial charge on any atom is -0.480 e. The molecule has 0 saturated carbocycles. The topological polar surface area (TPSA) is 69.6 Å². The molecule has 1 atom stereocenters. The molecular formula is C12H12ClFN2O3. The van der Waals surface area contributed by atoms with E-state index in [1.165, 1.54) is 17.0 Å². The maximum Gasteiger partial charge on any atom is 0.326 e. The van der Waals surface area contributed by atoms with Crippen molar-refractivity contribution >= 4 is 29.3 Å². The number of anilines is 1. The first-order valence-corrected chi connectivity index (χ1v) is 6.12. The van der Waals surface area contributed by atoms with Gasteiger partial charge < -0.3 is 15.3 Å². The zero-order chi connectivity index (χ0) is 14.0. The molecule has 0 spiro atoms. The Labute approximate surface area is 114 Å². The van der Waals surface area contributed by atoms with Gasteiger partial charge in [0.2, 0.25) is 0 Å². The van der Waals surface area contributed by atoms with E-state index in [0.717, 1.165) is 6.07 Å². The second-order valence-corrected chi connectivity index (χ2v) is 4.68. The van der Waals surface area contributed by atoms with Crippen molar-refractivity contribution in [1.29, 1.82) is 0 Å². The van der Waals surface area contributed by atoms with Gasteiger partial charge in [-0.3, -0.25) is 0 Å². The largest absolute Gasteiger partial charge is 0.480 e. The summed E-state index contributed by atoms with van der Waals surface area (Å²) >= 11 is 5.60. The molecule has 1 saturated heterocycles. The Morgan fingerprint density at radius 2 is 2.21 bits per heavy atom. The summed E-state index contributed by atoms with van der Waals surface area (Å²) < 4.78 is 13.5. The van der Waals surface area contributed by atoms with Gasteiger partial charge in [0.15, 0.2) is 0 Å². The van der Waals surface area contributed by atoms with Gasteiger partial charge in [0.25, 0.3) is 0 Å². The van der Waals surface area contributed by atoms with E-state index in [9.17, 15) is 14.0 Å². The lowest BCUT2D eigenvalue weighted by molar-refractivity contribution is -0.141. The maximum absolute atomic E-state index is 13.5. The number of carbonyl (C=O) groups excluding carboxylic acids is 1. The Hall–Kier alpha value is -1.82. The number of carbonyl (C=O) groups is 2. The molecule has 102 valence electrons. The van der Waals surface area contributed by atoms with E-state index in [1.807, 2.05) is 0 Å². The zero-order valence-electron chi connectivity index (χ0n) is 9.90. The van der Waals surface area contributed by atoms with Gasteiger partial charge in [-0.15, -0.1) is 0 Å². The molecule has 2 rings (SSSR count). The van der Waals surface area contributed by atoms with Crippen LogP contribution in [0.5, 0.6) is 0 Å². The highest BCUT2D eigenvalue weighted by Crippen LogP contribution is 2.22. The predicted octanol–water partition coefficient (Wildman–Crippen LogP) is 2.56. The number of rotatable bonds is 2. The first-order chi connectivity index (χ1) is 8.99. The molecule has 1 fully saturated rings. The monoisotopic (exact) mass is 286 g/mol. The molecule has 1 aliphatic rings. The average Bonchev–Trinajstić information content (AvgIpc) is 2.82. The lowest BCUT2D eigenvalue weighted by Gasteiger charge is -2.21. The number of nitrogens with zero attached hydrogens (tertiary/aromatic N) is 1. The molecular weight excluding hydrogens is 275 g/mol. The third kappa shape index (κ3) is 2.96. The lowest BCUT2D eigenvalue weighted by Crippen LogP contribution is -2.42. The van der Waals surface area contributed by atoms with Crippen LogP contribution in [-0.4, -0.2) is 34.6 Å². The van der Waals surface area contributed by atoms with E-state index < -0.39 is 23.9 Å². The second-order valence-electron chi connectivity index (χ2n) is 4.24. The van der Waals surface area contributed by atoms with Crippen molar-refractivity contribution in [1.82, 2.24) is 4.90 Å². The molecule has 2 amide bonds. The Balaban J connectivity index is 2.10. The molecule has 1 aliphatic heterocycles. The van der Waals surface area contributed by atoms with E-state index in [1.54, 1.807) is 0 Å². The predicted molar refractivity (Wildman–Crippen MR) is 67.8 cm³/mol. The number of halogens is 2. The molecule has 0 bridgehead atoms. The molecule has 0 aromatic heterocycles. The summed E-state index contributed by atoms with van der Waals surface area (Å²) in [6.45, 7) is 0.345. The van der Waals surface area contributed by atoms with Crippen molar-refractivity contribution < 1.29 is 19.1 Å². The molecule has 0 radical (unpaired) electrons. The van der Waals surface area contributed by atoms with Gasteiger partial charge in [0.1, 0.15) is 11.9 Å². The standard InChI is InChI=1S/C12H12ClFN2O3/c13-7-3-4-9(8(14)6-7)15-12(19)16-5-1-2-10(16)11(17)18/h3-4,6,10H,1-2,5H2,(H,15,19)(H,17,18)/t10-/m0/s1. The molecule has 0 unspecified atom stereocenters. The van der Waals surface area contributed by atoms with Crippen LogP contribution in [0.1, 0.15) is 12.8 Å². The van der Waals surface area contributed by atoms with Gasteiger partial charge in [-0.05, 0) is 31.0 Å². The SMILES string of the molecule is O=C(O)[C@@H]1CCCN1C(=O)Nc1ccc(Cl)cc1F. The summed E-state index contributed by atoms with van der Waals surface area (Å²) in [5.41, 5.74) is -0.0227. The fourth-order valence-corrected chi connectivity index (χ4v) is 2.20. The molecule has 1 aromatic carbocycles. The first kappa shape index (κ1) is 13.6. The number of hydrogen-bond acceptors (Lipinski definition) is 2. The van der Waals surface area contributed by atoms with Gasteiger partial charge in [0.05, 0.1) is 5.69 Å². The van der Waals surface area contributed by atoms with Crippen molar-refractivity contribution in [2.24, 2.45) is 0 Å². The van der Waals surface area contributed by atoms with Crippen molar-refractivity contribution in [3.63, 3.8) is 0 Å². The Bertz CT molecular complexity index is 524. The smallest absolute Gasteiger partial charge is 0.326 e. The number of carboxylic acid groups (broad SMARTS) is 1. The normalized spacial score (nSPS) is 18.4. The highest BCUT2D eigenvalue weighted by atomic mass is 35.5. The van der Waals surface area contributed by atoms with E-state index in [4.69, 9.17) is 16.7 Å². The van der Waals surface area contributed by atoms with Crippen LogP contribution in [0, 0.1) is 5.82 Å². The Kier molecular flexibility index (Phi) is 3.90. The number of carboxylic acids is 1. The van der Waals surface area contributed by atoms with E-state index >= 15 is 0 Å². The maximum atomic E-state index is 13.5. The van der Waals surface area contributed by atoms with E-state index in [-0.39, 0.29) is 10.7 Å². The summed E-state index contributed by atoms with van der Waals surface area (Å²) in [4.78, 5) is 24.1. The summed E-state index contributed by atoms with van der Waals surface area (Å²) in [5, 5.41) is 11.6. The molecule has 5 nitrogen and oxygen atoms in total. The highest BCUT2D eigenvalue weighted by molar-refractivity contribution is 6.30. The summed E-state index contributed by atoms with van der Waals surface area (Å²) in [6.07, 6.45) is 1.03. The zero-order valence-corrected chi connectivity index (χ0v) is 10.7. The van der Waals surface area contributed by atoms with Crippen molar-refractivity contribution in [2.75, 3.05) is 11.9 Å². The second kappa shape index (κ2) is 5.44. The lowest BCUT2D eigenvalue weighted by atomic mass is 10.2. The third-order valence-corrected chi connectivity index (χ3v) is 3.21. The third-order valence-electron chi connectivity index (χ3n) is 2.97. The quantitative estimate of drug-likeness (QED) is 0.878. The van der Waals surface area contributed by atoms with Crippen LogP contribution >= 0.6 is 11.6 Å². The fraction of sp³-hybridized carbons (Fsp3) is 0.333. The van der Waals surface area contributed by atoms with Gasteiger partial charge >= 0.3 is 12.0 Å². The van der Waals surface area contributed by atoms with Crippen molar-refractivity contribution in [3.05, 3.63) is 29.0 Å². The van der Waals surface area contributed by atoms with E-state index in [0.29, 0.717) is 19.4 Å². The molecule has 0 aliphatic carbocycles. The molecule has 7 heteroatoms. The van der Waals surface area contributed by atoms with Crippen LogP contribution in [0.25, 0.3) is 0 Å². The minimum atomic E-state index is -1.05. The number of nitrogens with one attached hydrogen (secondary N) is 1. The molecule has 1 aromatic rings. The van der Waals surface area contributed by atoms with Crippen molar-refractivity contribution in [3.8, 4) is 0 Å². The summed E-state index contributed by atoms with van der Waals surface area (Å²) in [6, 6.07) is 2.39. The van der Waals surface area contributed by atoms with Gasteiger partial charge in [0, 0.05) is 11.6 Å².